The fraction of sp³-hybridized carbons (Fsp3) is 0.316. The van der Waals surface area contributed by atoms with Crippen LogP contribution in [0.3, 0.4) is 0 Å². The number of rotatable bonds is 7. The predicted molar refractivity (Wildman–Crippen MR) is 92.7 cm³/mol. The summed E-state index contributed by atoms with van der Waals surface area (Å²) in [6, 6.07) is 15.4. The minimum Gasteiger partial charge on any atom is -0.497 e. The lowest BCUT2D eigenvalue weighted by Crippen LogP contribution is -2.37. The number of hydrogen-bond acceptors (Lipinski definition) is 4. The molecule has 126 valence electrons. The lowest BCUT2D eigenvalue weighted by Gasteiger charge is -2.11. The maximum absolute atomic E-state index is 12.0. The Balaban J connectivity index is 1.51. The van der Waals surface area contributed by atoms with Crippen molar-refractivity contribution in [3.05, 3.63) is 59.7 Å². The topological polar surface area (TPSA) is 73.6 Å². The van der Waals surface area contributed by atoms with Gasteiger partial charge in [-0.1, -0.05) is 24.3 Å². The first kappa shape index (κ1) is 16.5. The Hall–Kier alpha value is -2.37. The molecule has 0 unspecified atom stereocenters. The fourth-order valence-corrected chi connectivity index (χ4v) is 2.36. The number of amides is 1. The zero-order valence-electron chi connectivity index (χ0n) is 13.7. The number of nitrogens with one attached hydrogen (secondary N) is 1. The second kappa shape index (κ2) is 7.03. The molecule has 2 aromatic rings. The lowest BCUT2D eigenvalue weighted by atomic mass is 10.2. The van der Waals surface area contributed by atoms with Gasteiger partial charge in [-0.25, -0.2) is 0 Å². The molecule has 3 rings (SSSR count). The summed E-state index contributed by atoms with van der Waals surface area (Å²) < 4.78 is 10.9. The minimum atomic E-state index is -0.666. The third-order valence-electron chi connectivity index (χ3n) is 4.12. The highest BCUT2D eigenvalue weighted by atomic mass is 16.5. The smallest absolute Gasteiger partial charge is 0.244 e. The molecule has 0 saturated heterocycles. The zero-order valence-corrected chi connectivity index (χ0v) is 13.7. The summed E-state index contributed by atoms with van der Waals surface area (Å²) in [5.74, 6) is 0.717. The third-order valence-corrected chi connectivity index (χ3v) is 4.12. The molecular weight excluding hydrogens is 304 g/mol. The van der Waals surface area contributed by atoms with Crippen molar-refractivity contribution in [2.75, 3.05) is 12.4 Å². The Kier molecular flexibility index (Phi) is 4.83. The van der Waals surface area contributed by atoms with E-state index in [1.165, 1.54) is 0 Å². The Labute approximate surface area is 141 Å². The fourth-order valence-electron chi connectivity index (χ4n) is 2.36. The zero-order chi connectivity index (χ0) is 17.0. The SMILES string of the molecule is COc1ccc(COCc2cccc(NC(=O)C3(N)CC3)c2)cc1. The van der Waals surface area contributed by atoms with Crippen LogP contribution in [0.25, 0.3) is 0 Å². The molecule has 2 aromatic carbocycles. The van der Waals surface area contributed by atoms with Gasteiger partial charge in [0.15, 0.2) is 0 Å². The van der Waals surface area contributed by atoms with Crippen molar-refractivity contribution in [3.63, 3.8) is 0 Å². The van der Waals surface area contributed by atoms with Crippen LogP contribution >= 0.6 is 0 Å². The van der Waals surface area contributed by atoms with E-state index in [-0.39, 0.29) is 5.91 Å². The van der Waals surface area contributed by atoms with E-state index in [9.17, 15) is 4.79 Å². The lowest BCUT2D eigenvalue weighted by molar-refractivity contribution is -0.118. The number of benzene rings is 2. The second-order valence-corrected chi connectivity index (χ2v) is 6.15. The molecule has 5 heteroatoms. The average Bonchev–Trinajstić information content (AvgIpc) is 3.35. The number of ether oxygens (including phenoxy) is 2. The molecule has 0 aromatic heterocycles. The van der Waals surface area contributed by atoms with Crippen LogP contribution in [0.15, 0.2) is 48.5 Å². The predicted octanol–water partition coefficient (Wildman–Crippen LogP) is 2.84. The summed E-state index contributed by atoms with van der Waals surface area (Å²) in [6.45, 7) is 0.996. The van der Waals surface area contributed by atoms with Gasteiger partial charge >= 0.3 is 0 Å². The van der Waals surface area contributed by atoms with Crippen molar-refractivity contribution in [3.8, 4) is 5.75 Å². The maximum atomic E-state index is 12.0. The molecule has 5 nitrogen and oxygen atoms in total. The minimum absolute atomic E-state index is 0.112. The van der Waals surface area contributed by atoms with Crippen molar-refractivity contribution >= 4 is 11.6 Å². The van der Waals surface area contributed by atoms with Crippen molar-refractivity contribution in [1.29, 1.82) is 0 Å². The Morgan fingerprint density at radius 3 is 2.50 bits per heavy atom. The molecule has 24 heavy (non-hydrogen) atoms. The van der Waals surface area contributed by atoms with Crippen LogP contribution in [0.5, 0.6) is 5.75 Å². The first-order valence-electron chi connectivity index (χ1n) is 7.99. The molecule has 1 amide bonds. The maximum Gasteiger partial charge on any atom is 0.244 e. The van der Waals surface area contributed by atoms with E-state index in [4.69, 9.17) is 15.2 Å². The first-order chi connectivity index (χ1) is 11.6. The van der Waals surface area contributed by atoms with Crippen LogP contribution in [0.1, 0.15) is 24.0 Å². The molecule has 1 aliphatic carbocycles. The summed E-state index contributed by atoms with van der Waals surface area (Å²) in [7, 11) is 1.65. The Bertz CT molecular complexity index is 709. The van der Waals surface area contributed by atoms with Gasteiger partial charge in [-0.2, -0.15) is 0 Å². The quantitative estimate of drug-likeness (QED) is 0.820. The number of nitrogens with two attached hydrogens (primary N) is 1. The van der Waals surface area contributed by atoms with E-state index in [2.05, 4.69) is 5.32 Å². The van der Waals surface area contributed by atoms with Crippen molar-refractivity contribution < 1.29 is 14.3 Å². The van der Waals surface area contributed by atoms with Gasteiger partial charge in [0.1, 0.15) is 5.75 Å². The van der Waals surface area contributed by atoms with Gasteiger partial charge in [0.05, 0.1) is 25.9 Å². The monoisotopic (exact) mass is 326 g/mol. The number of carbonyl (C=O) groups is 1. The van der Waals surface area contributed by atoms with E-state index in [1.54, 1.807) is 7.11 Å². The van der Waals surface area contributed by atoms with Gasteiger partial charge in [0.2, 0.25) is 5.91 Å². The van der Waals surface area contributed by atoms with Crippen LogP contribution < -0.4 is 15.8 Å². The van der Waals surface area contributed by atoms with Gasteiger partial charge in [-0.3, -0.25) is 4.79 Å². The van der Waals surface area contributed by atoms with Gasteiger partial charge in [-0.15, -0.1) is 0 Å². The van der Waals surface area contributed by atoms with Gasteiger partial charge < -0.3 is 20.5 Å². The summed E-state index contributed by atoms with van der Waals surface area (Å²) >= 11 is 0. The van der Waals surface area contributed by atoms with Gasteiger partial charge in [0.25, 0.3) is 0 Å². The molecule has 0 heterocycles. The van der Waals surface area contributed by atoms with Crippen LogP contribution in [0.2, 0.25) is 0 Å². The highest BCUT2D eigenvalue weighted by Crippen LogP contribution is 2.33. The molecule has 0 spiro atoms. The average molecular weight is 326 g/mol. The summed E-state index contributed by atoms with van der Waals surface area (Å²) in [5.41, 5.74) is 8.07. The normalized spacial score (nSPS) is 14.9. The van der Waals surface area contributed by atoms with E-state index in [1.807, 2.05) is 48.5 Å². The van der Waals surface area contributed by atoms with Crippen LogP contribution in [0.4, 0.5) is 5.69 Å². The Morgan fingerprint density at radius 1 is 1.12 bits per heavy atom. The summed E-state index contributed by atoms with van der Waals surface area (Å²) in [4.78, 5) is 12.0. The van der Waals surface area contributed by atoms with Crippen molar-refractivity contribution in [2.45, 2.75) is 31.6 Å². The summed E-state index contributed by atoms with van der Waals surface area (Å²) in [5, 5.41) is 2.87. The molecule has 0 radical (unpaired) electrons. The van der Waals surface area contributed by atoms with Crippen LogP contribution in [0, 0.1) is 0 Å². The largest absolute Gasteiger partial charge is 0.497 e. The molecule has 1 fully saturated rings. The van der Waals surface area contributed by atoms with Crippen molar-refractivity contribution in [1.82, 2.24) is 0 Å². The number of anilines is 1. The highest BCUT2D eigenvalue weighted by molar-refractivity contribution is 6.00. The van der Waals surface area contributed by atoms with E-state index in [0.717, 1.165) is 35.4 Å². The molecular formula is C19H22N2O3. The molecule has 0 atom stereocenters. The Morgan fingerprint density at radius 2 is 1.83 bits per heavy atom. The number of carbonyl (C=O) groups excluding carboxylic acids is 1. The summed E-state index contributed by atoms with van der Waals surface area (Å²) in [6.07, 6.45) is 1.51. The van der Waals surface area contributed by atoms with E-state index < -0.39 is 5.54 Å². The second-order valence-electron chi connectivity index (χ2n) is 6.15. The standard InChI is InChI=1S/C19H22N2O3/c1-23-17-7-5-14(6-8-17)12-24-13-15-3-2-4-16(11-15)21-18(22)19(20)9-10-19/h2-8,11H,9-10,12-13,20H2,1H3,(H,21,22). The third kappa shape index (κ3) is 4.13. The molecule has 3 N–H and O–H groups in total. The van der Waals surface area contributed by atoms with Crippen LogP contribution in [-0.2, 0) is 22.7 Å². The number of methoxy groups -OCH3 is 1. The van der Waals surface area contributed by atoms with Gasteiger partial charge in [-0.05, 0) is 48.2 Å². The van der Waals surface area contributed by atoms with Crippen molar-refractivity contribution in [2.24, 2.45) is 5.73 Å². The molecule has 0 bridgehead atoms. The number of hydrogen-bond donors (Lipinski definition) is 2. The van der Waals surface area contributed by atoms with E-state index >= 15 is 0 Å². The first-order valence-corrected chi connectivity index (χ1v) is 7.99. The van der Waals surface area contributed by atoms with Crippen LogP contribution in [-0.4, -0.2) is 18.6 Å². The molecule has 1 aliphatic rings. The van der Waals surface area contributed by atoms with E-state index in [0.29, 0.717) is 13.2 Å². The molecule has 0 aliphatic heterocycles. The highest BCUT2D eigenvalue weighted by Gasteiger charge is 2.45. The van der Waals surface area contributed by atoms with Gasteiger partial charge in [0, 0.05) is 5.69 Å². The molecule has 1 saturated carbocycles.